The molecule has 0 spiro atoms. The molecular formula is C19H17N5. The zero-order valence-electron chi connectivity index (χ0n) is 13.3. The van der Waals surface area contributed by atoms with Gasteiger partial charge in [-0.25, -0.2) is 4.98 Å². The molecule has 1 N–H and O–H groups in total. The molecule has 0 unspecified atom stereocenters. The van der Waals surface area contributed by atoms with E-state index >= 15 is 0 Å². The molecule has 1 aromatic carbocycles. The Morgan fingerprint density at radius 3 is 2.71 bits per heavy atom. The van der Waals surface area contributed by atoms with Gasteiger partial charge in [0, 0.05) is 36.1 Å². The molecule has 0 aliphatic heterocycles. The topological polar surface area (TPSA) is 55.1 Å². The van der Waals surface area contributed by atoms with Crippen LogP contribution in [-0.2, 0) is 6.54 Å². The van der Waals surface area contributed by atoms with Gasteiger partial charge in [-0.15, -0.1) is 0 Å². The number of hydrogen-bond acceptors (Lipinski definition) is 4. The first-order valence-corrected chi connectivity index (χ1v) is 7.85. The van der Waals surface area contributed by atoms with Crippen molar-refractivity contribution in [3.05, 3.63) is 78.2 Å². The Labute approximate surface area is 140 Å². The lowest BCUT2D eigenvalue weighted by atomic mass is 10.1. The van der Waals surface area contributed by atoms with Gasteiger partial charge in [-0.05, 0) is 18.6 Å². The van der Waals surface area contributed by atoms with Crippen LogP contribution in [0.5, 0.6) is 0 Å². The van der Waals surface area contributed by atoms with Crippen molar-refractivity contribution < 1.29 is 0 Å². The number of hydrogen-bond donors (Lipinski definition) is 1. The number of benzene rings is 1. The maximum atomic E-state index is 4.77. The minimum atomic E-state index is 0.681. The van der Waals surface area contributed by atoms with Gasteiger partial charge in [0.25, 0.3) is 0 Å². The van der Waals surface area contributed by atoms with E-state index in [1.807, 2.05) is 60.2 Å². The number of fused-ring (bicyclic) bond motifs is 1. The second-order valence-corrected chi connectivity index (χ2v) is 5.67. The lowest BCUT2D eigenvalue weighted by Crippen LogP contribution is -2.07. The van der Waals surface area contributed by atoms with E-state index < -0.39 is 0 Å². The summed E-state index contributed by atoms with van der Waals surface area (Å²) >= 11 is 0. The molecule has 0 radical (unpaired) electrons. The maximum Gasteiger partial charge on any atom is 0.160 e. The summed E-state index contributed by atoms with van der Waals surface area (Å²) in [6.07, 6.45) is 5.47. The average molecular weight is 315 g/mol. The second-order valence-electron chi connectivity index (χ2n) is 5.67. The number of aryl methyl sites for hydroxylation is 1. The quantitative estimate of drug-likeness (QED) is 0.624. The number of nitrogens with one attached hydrogen (secondary N) is 1. The number of aromatic nitrogens is 4. The molecule has 0 bridgehead atoms. The summed E-state index contributed by atoms with van der Waals surface area (Å²) in [5.41, 5.74) is 5.06. The van der Waals surface area contributed by atoms with Crippen molar-refractivity contribution in [2.24, 2.45) is 0 Å². The highest BCUT2D eigenvalue weighted by atomic mass is 15.3. The highest BCUT2D eigenvalue weighted by Gasteiger charge is 2.10. The number of rotatable bonds is 4. The van der Waals surface area contributed by atoms with E-state index in [1.54, 1.807) is 6.20 Å². The minimum Gasteiger partial charge on any atom is -0.366 e. The molecule has 0 aliphatic rings. The highest BCUT2D eigenvalue weighted by molar-refractivity contribution is 5.67. The Hall–Kier alpha value is -3.21. The van der Waals surface area contributed by atoms with Gasteiger partial charge < -0.3 is 5.32 Å². The van der Waals surface area contributed by atoms with E-state index in [1.165, 1.54) is 0 Å². The zero-order chi connectivity index (χ0) is 16.4. The Bertz CT molecular complexity index is 961. The summed E-state index contributed by atoms with van der Waals surface area (Å²) < 4.78 is 1.85. The van der Waals surface area contributed by atoms with Crippen molar-refractivity contribution in [2.45, 2.75) is 13.5 Å². The molecule has 4 aromatic rings. The molecule has 4 rings (SSSR count). The van der Waals surface area contributed by atoms with Crippen molar-refractivity contribution >= 4 is 11.5 Å². The van der Waals surface area contributed by atoms with E-state index in [4.69, 9.17) is 4.98 Å². The standard InChI is InChI=1S/C19H17N5/c1-14-11-22-24-18(21-13-15-6-5-9-20-12-15)10-17(23-19(14)24)16-7-3-2-4-8-16/h2-12,21H,13H2,1H3. The van der Waals surface area contributed by atoms with Gasteiger partial charge >= 0.3 is 0 Å². The van der Waals surface area contributed by atoms with Gasteiger partial charge in [-0.1, -0.05) is 36.4 Å². The third-order valence-electron chi connectivity index (χ3n) is 3.91. The molecule has 3 heterocycles. The predicted octanol–water partition coefficient (Wildman–Crippen LogP) is 3.71. The lowest BCUT2D eigenvalue weighted by Gasteiger charge is -2.11. The van der Waals surface area contributed by atoms with Crippen molar-refractivity contribution in [1.82, 2.24) is 19.6 Å². The van der Waals surface area contributed by atoms with Crippen molar-refractivity contribution in [3.8, 4) is 11.3 Å². The molecule has 0 amide bonds. The van der Waals surface area contributed by atoms with Crippen LogP contribution in [0.4, 0.5) is 5.82 Å². The summed E-state index contributed by atoms with van der Waals surface area (Å²) in [7, 11) is 0. The molecule has 3 aromatic heterocycles. The Morgan fingerprint density at radius 2 is 1.92 bits per heavy atom. The summed E-state index contributed by atoms with van der Waals surface area (Å²) in [6.45, 7) is 2.70. The van der Waals surface area contributed by atoms with Crippen molar-refractivity contribution in [2.75, 3.05) is 5.32 Å². The van der Waals surface area contributed by atoms with E-state index in [0.717, 1.165) is 33.8 Å². The van der Waals surface area contributed by atoms with Gasteiger partial charge in [0.1, 0.15) is 5.82 Å². The number of nitrogens with zero attached hydrogens (tertiary/aromatic N) is 4. The van der Waals surface area contributed by atoms with Crippen molar-refractivity contribution in [3.63, 3.8) is 0 Å². The molecule has 0 saturated heterocycles. The van der Waals surface area contributed by atoms with Crippen LogP contribution in [0, 0.1) is 6.92 Å². The normalized spacial score (nSPS) is 10.9. The molecular weight excluding hydrogens is 298 g/mol. The predicted molar refractivity (Wildman–Crippen MR) is 94.7 cm³/mol. The summed E-state index contributed by atoms with van der Waals surface area (Å²) in [5.74, 6) is 0.913. The summed E-state index contributed by atoms with van der Waals surface area (Å²) in [5, 5.41) is 7.89. The third-order valence-corrected chi connectivity index (χ3v) is 3.91. The first kappa shape index (κ1) is 14.4. The van der Waals surface area contributed by atoms with Gasteiger partial charge in [-0.3, -0.25) is 4.98 Å². The summed E-state index contributed by atoms with van der Waals surface area (Å²) in [6, 6.07) is 16.2. The zero-order valence-corrected chi connectivity index (χ0v) is 13.3. The molecule has 5 heteroatoms. The van der Waals surface area contributed by atoms with Gasteiger partial charge in [0.2, 0.25) is 0 Å². The Kier molecular flexibility index (Phi) is 3.67. The Morgan fingerprint density at radius 1 is 1.04 bits per heavy atom. The van der Waals surface area contributed by atoms with Gasteiger partial charge in [-0.2, -0.15) is 9.61 Å². The minimum absolute atomic E-state index is 0.681. The van der Waals surface area contributed by atoms with Crippen LogP contribution in [0.3, 0.4) is 0 Å². The second kappa shape index (κ2) is 6.12. The van der Waals surface area contributed by atoms with Crippen LogP contribution in [0.25, 0.3) is 16.9 Å². The number of pyridine rings is 1. The van der Waals surface area contributed by atoms with Crippen LogP contribution in [0.15, 0.2) is 67.1 Å². The van der Waals surface area contributed by atoms with Crippen LogP contribution in [-0.4, -0.2) is 19.6 Å². The van der Waals surface area contributed by atoms with Crippen molar-refractivity contribution in [1.29, 1.82) is 0 Å². The van der Waals surface area contributed by atoms with Gasteiger partial charge in [0.05, 0.1) is 11.9 Å². The fourth-order valence-electron chi connectivity index (χ4n) is 2.65. The molecule has 24 heavy (non-hydrogen) atoms. The van der Waals surface area contributed by atoms with Crippen LogP contribution in [0.1, 0.15) is 11.1 Å². The monoisotopic (exact) mass is 315 g/mol. The first-order valence-electron chi connectivity index (χ1n) is 7.85. The smallest absolute Gasteiger partial charge is 0.160 e. The third kappa shape index (κ3) is 2.72. The van der Waals surface area contributed by atoms with Crippen LogP contribution < -0.4 is 5.32 Å². The molecule has 0 atom stereocenters. The number of anilines is 1. The van der Waals surface area contributed by atoms with E-state index in [-0.39, 0.29) is 0 Å². The first-order chi connectivity index (χ1) is 11.8. The maximum absolute atomic E-state index is 4.77. The van der Waals surface area contributed by atoms with Crippen LogP contribution >= 0.6 is 0 Å². The molecule has 118 valence electrons. The lowest BCUT2D eigenvalue weighted by molar-refractivity contribution is 0.925. The molecule has 0 aliphatic carbocycles. The van der Waals surface area contributed by atoms with E-state index in [2.05, 4.69) is 27.5 Å². The van der Waals surface area contributed by atoms with E-state index in [9.17, 15) is 0 Å². The molecule has 0 saturated carbocycles. The van der Waals surface area contributed by atoms with Crippen LogP contribution in [0.2, 0.25) is 0 Å². The fourth-order valence-corrected chi connectivity index (χ4v) is 2.65. The van der Waals surface area contributed by atoms with E-state index in [0.29, 0.717) is 6.54 Å². The van der Waals surface area contributed by atoms with Gasteiger partial charge in [0.15, 0.2) is 5.65 Å². The highest BCUT2D eigenvalue weighted by Crippen LogP contribution is 2.23. The molecule has 0 fully saturated rings. The molecule has 5 nitrogen and oxygen atoms in total. The largest absolute Gasteiger partial charge is 0.366 e. The average Bonchev–Trinajstić information content (AvgIpc) is 3.02. The Balaban J connectivity index is 1.76. The fraction of sp³-hybridized carbons (Fsp3) is 0.105. The summed E-state index contributed by atoms with van der Waals surface area (Å²) in [4.78, 5) is 8.92. The SMILES string of the molecule is Cc1cnn2c(NCc3cccnc3)cc(-c3ccccc3)nc12.